The van der Waals surface area contributed by atoms with Crippen LogP contribution < -0.4 is 0 Å². The molecule has 0 aromatic rings. The molecule has 0 spiro atoms. The zero-order valence-electron chi connectivity index (χ0n) is 7.36. The molecular weight excluding hydrogens is 284 g/mol. The van der Waals surface area contributed by atoms with Gasteiger partial charge in [-0.05, 0) is 31.9 Å². The summed E-state index contributed by atoms with van der Waals surface area (Å²) in [7, 11) is 0. The van der Waals surface area contributed by atoms with Gasteiger partial charge in [-0.2, -0.15) is 0 Å². The normalized spacial score (nSPS) is 36.8. The van der Waals surface area contributed by atoms with Crippen molar-refractivity contribution in [2.75, 3.05) is 0 Å². The first kappa shape index (κ1) is 10.5. The molecule has 2 unspecified atom stereocenters. The Balaban J connectivity index is 3.15. The monoisotopic (exact) mass is 294 g/mol. The van der Waals surface area contributed by atoms with Gasteiger partial charge in [0.25, 0.3) is 0 Å². The molecule has 0 aromatic heterocycles. The topological polar surface area (TPSA) is 20.2 Å². The second-order valence-corrected chi connectivity index (χ2v) is 5.88. The summed E-state index contributed by atoms with van der Waals surface area (Å²) in [5.41, 5.74) is 2.14. The highest BCUT2D eigenvalue weighted by atomic mass is 79.9. The number of allylic oxidation sites excluding steroid dienone is 2. The van der Waals surface area contributed by atoms with Gasteiger partial charge in [0, 0.05) is 4.48 Å². The summed E-state index contributed by atoms with van der Waals surface area (Å²) in [5.74, 6) is 0. The molecule has 0 fully saturated rings. The zero-order chi connectivity index (χ0) is 9.52. The van der Waals surface area contributed by atoms with E-state index in [0.717, 1.165) is 15.6 Å². The van der Waals surface area contributed by atoms with Crippen LogP contribution in [0.15, 0.2) is 21.7 Å². The molecule has 1 N–H and O–H groups in total. The molecule has 0 amide bonds. The van der Waals surface area contributed by atoms with Gasteiger partial charge in [-0.1, -0.05) is 37.9 Å². The molecule has 1 rings (SSSR count). The highest BCUT2D eigenvalue weighted by molar-refractivity contribution is 9.12. The van der Waals surface area contributed by atoms with Crippen LogP contribution in [0.4, 0.5) is 0 Å². The van der Waals surface area contributed by atoms with E-state index in [4.69, 9.17) is 0 Å². The fourth-order valence-corrected chi connectivity index (χ4v) is 2.44. The van der Waals surface area contributed by atoms with E-state index in [-0.39, 0.29) is 4.32 Å². The predicted molar refractivity (Wildman–Crippen MR) is 58.7 cm³/mol. The van der Waals surface area contributed by atoms with E-state index < -0.39 is 6.10 Å². The number of aliphatic hydroxyl groups excluding tert-OH is 1. The summed E-state index contributed by atoms with van der Waals surface area (Å²) >= 11 is 6.93. The van der Waals surface area contributed by atoms with Crippen LogP contribution in [0.3, 0.4) is 0 Å². The minimum absolute atomic E-state index is 0.321. The van der Waals surface area contributed by atoms with Gasteiger partial charge in [0.1, 0.15) is 0 Å². The Kier molecular flexibility index (Phi) is 2.86. The van der Waals surface area contributed by atoms with Gasteiger partial charge in [0.15, 0.2) is 0 Å². The quantitative estimate of drug-likeness (QED) is 0.681. The highest BCUT2D eigenvalue weighted by Crippen LogP contribution is 2.39. The Morgan fingerprint density at radius 3 is 2.50 bits per heavy atom. The Hall–Kier alpha value is 0.400. The molecule has 1 aliphatic carbocycles. The lowest BCUT2D eigenvalue weighted by molar-refractivity contribution is 0.188. The van der Waals surface area contributed by atoms with Crippen molar-refractivity contribution in [3.8, 4) is 0 Å². The van der Waals surface area contributed by atoms with E-state index >= 15 is 0 Å². The number of hydrogen-bond donors (Lipinski definition) is 1. The predicted octanol–water partition coefficient (Wildman–Crippen LogP) is 3.13. The van der Waals surface area contributed by atoms with Crippen molar-refractivity contribution in [2.45, 2.75) is 31.2 Å². The number of halogens is 2. The molecule has 0 radical (unpaired) electrons. The van der Waals surface area contributed by atoms with Gasteiger partial charge in [-0.15, -0.1) is 0 Å². The maximum absolute atomic E-state index is 9.81. The van der Waals surface area contributed by atoms with Crippen LogP contribution in [0.1, 0.15) is 20.8 Å². The molecule has 1 nitrogen and oxygen atoms in total. The Morgan fingerprint density at radius 1 is 1.50 bits per heavy atom. The summed E-state index contributed by atoms with van der Waals surface area (Å²) in [4.78, 5) is 0. The van der Waals surface area contributed by atoms with E-state index in [2.05, 4.69) is 31.9 Å². The average Bonchev–Trinajstić information content (AvgIpc) is 1.97. The van der Waals surface area contributed by atoms with Crippen molar-refractivity contribution in [3.05, 3.63) is 21.7 Å². The Morgan fingerprint density at radius 2 is 2.00 bits per heavy atom. The summed E-state index contributed by atoms with van der Waals surface area (Å²) in [6.45, 7) is 5.92. The standard InChI is InChI=1S/C9H12Br2O/c1-5-4-9(3,11)8(12)6(2)7(5)10/h4,8,12H,1-3H3. The van der Waals surface area contributed by atoms with Crippen molar-refractivity contribution in [3.63, 3.8) is 0 Å². The molecular formula is C9H12Br2O. The minimum Gasteiger partial charge on any atom is -0.387 e. The fraction of sp³-hybridized carbons (Fsp3) is 0.556. The number of aliphatic hydroxyl groups is 1. The minimum atomic E-state index is -0.449. The third kappa shape index (κ3) is 1.68. The van der Waals surface area contributed by atoms with Crippen molar-refractivity contribution in [1.29, 1.82) is 0 Å². The van der Waals surface area contributed by atoms with E-state index in [9.17, 15) is 5.11 Å². The molecule has 0 aliphatic heterocycles. The second-order valence-electron chi connectivity index (χ2n) is 3.38. The third-order valence-electron chi connectivity index (χ3n) is 2.14. The van der Waals surface area contributed by atoms with E-state index in [0.29, 0.717) is 0 Å². The first-order chi connectivity index (χ1) is 5.36. The van der Waals surface area contributed by atoms with Crippen LogP contribution in [0.25, 0.3) is 0 Å². The summed E-state index contributed by atoms with van der Waals surface area (Å²) in [5, 5.41) is 9.81. The van der Waals surface area contributed by atoms with Crippen molar-refractivity contribution < 1.29 is 5.11 Å². The fourth-order valence-electron chi connectivity index (χ4n) is 1.42. The van der Waals surface area contributed by atoms with Gasteiger partial charge in [-0.25, -0.2) is 0 Å². The maximum Gasteiger partial charge on any atom is 0.0946 e. The van der Waals surface area contributed by atoms with Crippen LogP contribution in [0, 0.1) is 0 Å². The molecule has 2 atom stereocenters. The highest BCUT2D eigenvalue weighted by Gasteiger charge is 2.33. The molecule has 3 heteroatoms. The number of rotatable bonds is 0. The summed E-state index contributed by atoms with van der Waals surface area (Å²) in [6.07, 6.45) is 1.57. The first-order valence-corrected chi connectivity index (χ1v) is 5.38. The molecule has 0 aromatic carbocycles. The van der Waals surface area contributed by atoms with Crippen LogP contribution in [0.2, 0.25) is 0 Å². The van der Waals surface area contributed by atoms with Crippen molar-refractivity contribution in [2.24, 2.45) is 0 Å². The Bertz CT molecular complexity index is 264. The maximum atomic E-state index is 9.81. The Labute approximate surface area is 89.8 Å². The summed E-state index contributed by atoms with van der Waals surface area (Å²) < 4.78 is 0.699. The molecule has 0 heterocycles. The van der Waals surface area contributed by atoms with E-state index in [1.165, 1.54) is 0 Å². The molecule has 68 valence electrons. The molecule has 12 heavy (non-hydrogen) atoms. The van der Waals surface area contributed by atoms with E-state index in [1.54, 1.807) is 0 Å². The first-order valence-electron chi connectivity index (χ1n) is 3.79. The molecule has 0 saturated carbocycles. The third-order valence-corrected chi connectivity index (χ3v) is 4.05. The lowest BCUT2D eigenvalue weighted by atomic mass is 9.90. The zero-order valence-corrected chi connectivity index (χ0v) is 10.5. The molecule has 1 aliphatic rings. The van der Waals surface area contributed by atoms with Crippen LogP contribution in [-0.2, 0) is 0 Å². The number of alkyl halides is 1. The number of hydrogen-bond acceptors (Lipinski definition) is 1. The second kappa shape index (κ2) is 3.28. The lowest BCUT2D eigenvalue weighted by Gasteiger charge is -2.31. The van der Waals surface area contributed by atoms with Gasteiger partial charge in [-0.3, -0.25) is 0 Å². The van der Waals surface area contributed by atoms with Crippen LogP contribution in [0.5, 0.6) is 0 Å². The van der Waals surface area contributed by atoms with Gasteiger partial charge in [0.2, 0.25) is 0 Å². The van der Waals surface area contributed by atoms with Crippen LogP contribution >= 0.6 is 31.9 Å². The van der Waals surface area contributed by atoms with E-state index in [1.807, 2.05) is 26.8 Å². The van der Waals surface area contributed by atoms with Gasteiger partial charge >= 0.3 is 0 Å². The lowest BCUT2D eigenvalue weighted by Crippen LogP contribution is -2.35. The summed E-state index contributed by atoms with van der Waals surface area (Å²) in [6, 6.07) is 0. The van der Waals surface area contributed by atoms with Crippen molar-refractivity contribution >= 4 is 31.9 Å². The molecule has 0 saturated heterocycles. The molecule has 0 bridgehead atoms. The van der Waals surface area contributed by atoms with Crippen LogP contribution in [-0.4, -0.2) is 15.5 Å². The van der Waals surface area contributed by atoms with Gasteiger partial charge in [0.05, 0.1) is 10.4 Å². The van der Waals surface area contributed by atoms with Crippen molar-refractivity contribution in [1.82, 2.24) is 0 Å². The average molecular weight is 296 g/mol. The largest absolute Gasteiger partial charge is 0.387 e. The smallest absolute Gasteiger partial charge is 0.0946 e. The van der Waals surface area contributed by atoms with Gasteiger partial charge < -0.3 is 5.11 Å². The SMILES string of the molecule is CC1=CC(C)(Br)C(O)C(C)=C1Br.